The summed E-state index contributed by atoms with van der Waals surface area (Å²) >= 11 is 0. The highest BCUT2D eigenvalue weighted by Crippen LogP contribution is 2.38. The highest BCUT2D eigenvalue weighted by molar-refractivity contribution is 5.83. The lowest BCUT2D eigenvalue weighted by molar-refractivity contribution is -0.136. The van der Waals surface area contributed by atoms with Crippen LogP contribution >= 0.6 is 0 Å². The van der Waals surface area contributed by atoms with Crippen LogP contribution in [0.3, 0.4) is 0 Å². The van der Waals surface area contributed by atoms with E-state index in [4.69, 9.17) is 10.8 Å². The van der Waals surface area contributed by atoms with Gasteiger partial charge in [-0.1, -0.05) is 49.4 Å². The minimum atomic E-state index is -0.872. The Balaban J connectivity index is 1.91. The van der Waals surface area contributed by atoms with Crippen LogP contribution < -0.4 is 10.6 Å². The van der Waals surface area contributed by atoms with E-state index >= 15 is 0 Å². The first-order chi connectivity index (χ1) is 13.5. The molecule has 28 heavy (non-hydrogen) atoms. The predicted molar refractivity (Wildman–Crippen MR) is 111 cm³/mol. The molecule has 3 N–H and O–H groups in total. The van der Waals surface area contributed by atoms with Crippen molar-refractivity contribution in [3.8, 4) is 0 Å². The molecule has 5 nitrogen and oxygen atoms in total. The quantitative estimate of drug-likeness (QED) is 0.767. The Morgan fingerprint density at radius 2 is 1.68 bits per heavy atom. The first-order valence-corrected chi connectivity index (χ1v) is 9.91. The number of aliphatic carboxylic acids is 1. The molecule has 0 saturated carbocycles. The van der Waals surface area contributed by atoms with E-state index in [0.29, 0.717) is 5.56 Å². The van der Waals surface area contributed by atoms with E-state index in [1.807, 2.05) is 31.2 Å². The van der Waals surface area contributed by atoms with Gasteiger partial charge in [0.1, 0.15) is 0 Å². The Morgan fingerprint density at radius 1 is 1.04 bits per heavy atom. The molecule has 0 aliphatic carbocycles. The number of nitrogens with two attached hydrogens (primary N) is 1. The number of hydrogen-bond acceptors (Lipinski definition) is 3. The molecule has 2 aromatic carbocycles. The second-order valence-electron chi connectivity index (χ2n) is 7.59. The van der Waals surface area contributed by atoms with Crippen molar-refractivity contribution >= 4 is 17.6 Å². The van der Waals surface area contributed by atoms with Crippen molar-refractivity contribution in [1.82, 2.24) is 0 Å². The van der Waals surface area contributed by atoms with Crippen LogP contribution in [0.25, 0.3) is 0 Å². The van der Waals surface area contributed by atoms with Gasteiger partial charge in [0.05, 0.1) is 12.3 Å². The highest BCUT2D eigenvalue weighted by atomic mass is 16.4. The fourth-order valence-electron chi connectivity index (χ4n) is 4.19. The molecule has 1 fully saturated rings. The summed E-state index contributed by atoms with van der Waals surface area (Å²) in [5, 5.41) is 8.95. The monoisotopic (exact) mass is 380 g/mol. The lowest BCUT2D eigenvalue weighted by Crippen LogP contribution is -2.32. The molecule has 2 aromatic rings. The molecule has 2 unspecified atom stereocenters. The fourth-order valence-corrected chi connectivity index (χ4v) is 4.19. The third-order valence-electron chi connectivity index (χ3n) is 5.62. The molecule has 1 amide bonds. The minimum absolute atomic E-state index is 0.0329. The van der Waals surface area contributed by atoms with Crippen LogP contribution in [0.4, 0.5) is 5.69 Å². The Labute approximate surface area is 166 Å². The van der Waals surface area contributed by atoms with Crippen molar-refractivity contribution in [2.45, 2.75) is 44.4 Å². The number of carbonyl (C=O) groups is 2. The third kappa shape index (κ3) is 4.53. The normalized spacial score (nSPS) is 16.4. The largest absolute Gasteiger partial charge is 0.481 e. The number of benzene rings is 2. The van der Waals surface area contributed by atoms with Crippen LogP contribution in [-0.4, -0.2) is 30.1 Å². The summed E-state index contributed by atoms with van der Waals surface area (Å²) in [4.78, 5) is 25.7. The van der Waals surface area contributed by atoms with Crippen molar-refractivity contribution in [2.24, 2.45) is 5.73 Å². The summed E-state index contributed by atoms with van der Waals surface area (Å²) in [6, 6.07) is 15.5. The van der Waals surface area contributed by atoms with Gasteiger partial charge in [-0.05, 0) is 47.9 Å². The average molecular weight is 380 g/mol. The van der Waals surface area contributed by atoms with Gasteiger partial charge in [0.2, 0.25) is 5.91 Å². The minimum Gasteiger partial charge on any atom is -0.481 e. The first-order valence-electron chi connectivity index (χ1n) is 9.91. The van der Waals surface area contributed by atoms with Crippen molar-refractivity contribution in [3.05, 3.63) is 65.2 Å². The zero-order valence-corrected chi connectivity index (χ0v) is 16.3. The van der Waals surface area contributed by atoms with Gasteiger partial charge in [-0.25, -0.2) is 0 Å². The van der Waals surface area contributed by atoms with E-state index in [0.717, 1.165) is 24.2 Å². The third-order valence-corrected chi connectivity index (χ3v) is 5.62. The lowest BCUT2D eigenvalue weighted by atomic mass is 9.81. The van der Waals surface area contributed by atoms with Crippen LogP contribution in [0.1, 0.15) is 54.7 Å². The Morgan fingerprint density at radius 3 is 2.29 bits per heavy atom. The van der Waals surface area contributed by atoms with Gasteiger partial charge in [-0.15, -0.1) is 0 Å². The molecule has 2 atom stereocenters. The van der Waals surface area contributed by atoms with Crippen molar-refractivity contribution in [1.29, 1.82) is 0 Å². The molecule has 0 spiro atoms. The predicted octanol–water partition coefficient (Wildman–Crippen LogP) is 3.68. The fraction of sp³-hybridized carbons (Fsp3) is 0.391. The van der Waals surface area contributed by atoms with E-state index < -0.39 is 11.9 Å². The number of hydrogen-bond donors (Lipinski definition) is 2. The number of carboxylic acids is 1. The van der Waals surface area contributed by atoms with Gasteiger partial charge in [0.15, 0.2) is 0 Å². The molecule has 1 aliphatic rings. The smallest absolute Gasteiger partial charge is 0.307 e. The molecule has 1 saturated heterocycles. The number of piperidine rings is 1. The van der Waals surface area contributed by atoms with Crippen LogP contribution in [0.15, 0.2) is 48.5 Å². The number of nitrogens with zero attached hydrogens (tertiary/aromatic N) is 1. The van der Waals surface area contributed by atoms with Gasteiger partial charge in [-0.3, -0.25) is 9.59 Å². The Kier molecular flexibility index (Phi) is 6.34. The molecule has 0 radical (unpaired) electrons. The SMILES string of the molecule is CC(c1ccccc1N1CCCCC1)C(C(N)=O)c1ccc(CC(=O)O)cc1. The number of carbonyl (C=O) groups excluding carboxylic acids is 1. The van der Waals surface area contributed by atoms with E-state index in [1.165, 1.54) is 24.9 Å². The maximum Gasteiger partial charge on any atom is 0.307 e. The molecule has 0 bridgehead atoms. The summed E-state index contributed by atoms with van der Waals surface area (Å²) in [6.07, 6.45) is 3.61. The van der Waals surface area contributed by atoms with Crippen molar-refractivity contribution in [2.75, 3.05) is 18.0 Å². The maximum atomic E-state index is 12.4. The Hall–Kier alpha value is -2.82. The second-order valence-corrected chi connectivity index (χ2v) is 7.59. The molecule has 0 aromatic heterocycles. The lowest BCUT2D eigenvalue weighted by Gasteiger charge is -2.33. The van der Waals surface area contributed by atoms with Crippen molar-refractivity contribution < 1.29 is 14.7 Å². The van der Waals surface area contributed by atoms with Crippen molar-refractivity contribution in [3.63, 3.8) is 0 Å². The van der Waals surface area contributed by atoms with Gasteiger partial charge in [0.25, 0.3) is 0 Å². The van der Waals surface area contributed by atoms with Gasteiger partial charge in [0, 0.05) is 18.8 Å². The standard InChI is InChI=1S/C23H28N2O3/c1-16(19-7-3-4-8-20(19)25-13-5-2-6-14-25)22(23(24)28)18-11-9-17(10-12-18)15-21(26)27/h3-4,7-12,16,22H,2,5-6,13-15H2,1H3,(H2,24,28)(H,26,27). The van der Waals surface area contributed by atoms with Crippen LogP contribution in [-0.2, 0) is 16.0 Å². The van der Waals surface area contributed by atoms with E-state index in [9.17, 15) is 9.59 Å². The molecular weight excluding hydrogens is 352 g/mol. The summed E-state index contributed by atoms with van der Waals surface area (Å²) in [5.74, 6) is -1.79. The molecule has 1 heterocycles. The van der Waals surface area contributed by atoms with Gasteiger partial charge < -0.3 is 15.7 Å². The summed E-state index contributed by atoms with van der Waals surface area (Å²) in [5.41, 5.74) is 9.65. The number of anilines is 1. The van der Waals surface area contributed by atoms with Crippen LogP contribution in [0.5, 0.6) is 0 Å². The first kappa shape index (κ1) is 19.9. The highest BCUT2D eigenvalue weighted by Gasteiger charge is 2.29. The molecule has 148 valence electrons. The Bertz CT molecular complexity index is 826. The van der Waals surface area contributed by atoms with E-state index in [1.54, 1.807) is 12.1 Å². The van der Waals surface area contributed by atoms with E-state index in [-0.39, 0.29) is 18.2 Å². The second kappa shape index (κ2) is 8.91. The molecule has 3 rings (SSSR count). The van der Waals surface area contributed by atoms with Crippen LogP contribution in [0.2, 0.25) is 0 Å². The summed E-state index contributed by atoms with van der Waals surface area (Å²) < 4.78 is 0. The van der Waals surface area contributed by atoms with Crippen LogP contribution in [0, 0.1) is 0 Å². The molecular formula is C23H28N2O3. The summed E-state index contributed by atoms with van der Waals surface area (Å²) in [7, 11) is 0. The average Bonchev–Trinajstić information content (AvgIpc) is 2.69. The number of primary amides is 1. The summed E-state index contributed by atoms with van der Waals surface area (Å²) in [6.45, 7) is 4.12. The van der Waals surface area contributed by atoms with Gasteiger partial charge in [-0.2, -0.15) is 0 Å². The number of amides is 1. The van der Waals surface area contributed by atoms with Gasteiger partial charge >= 0.3 is 5.97 Å². The zero-order valence-electron chi connectivity index (χ0n) is 16.3. The van der Waals surface area contributed by atoms with E-state index in [2.05, 4.69) is 17.0 Å². The number of rotatable bonds is 7. The number of para-hydroxylation sites is 1. The molecule has 5 heteroatoms. The number of carboxylic acid groups (broad SMARTS) is 1. The molecule has 1 aliphatic heterocycles. The topological polar surface area (TPSA) is 83.6 Å². The zero-order chi connectivity index (χ0) is 20.1. The maximum absolute atomic E-state index is 12.4.